The predicted octanol–water partition coefficient (Wildman–Crippen LogP) is 3.54. The van der Waals surface area contributed by atoms with E-state index >= 15 is 0 Å². The van der Waals surface area contributed by atoms with Crippen LogP contribution in [-0.2, 0) is 11.3 Å². The van der Waals surface area contributed by atoms with Crippen molar-refractivity contribution in [2.24, 2.45) is 0 Å². The molecule has 2 aromatic rings. The summed E-state index contributed by atoms with van der Waals surface area (Å²) in [4.78, 5) is 27.4. The molecule has 3 rings (SSSR count). The van der Waals surface area contributed by atoms with Crippen LogP contribution in [0.25, 0.3) is 0 Å². The highest BCUT2D eigenvalue weighted by atomic mass is 19.1. The predicted molar refractivity (Wildman–Crippen MR) is 111 cm³/mol. The SMILES string of the molecule is Cc1c(OCC(=O)N2C[C@H](C)N(Cc3ccc(F)cc3)C[C@H]2C)cccc1[N+](=O)[O-]. The number of nitrogens with zero attached hydrogens (tertiary/aromatic N) is 3. The van der Waals surface area contributed by atoms with E-state index in [-0.39, 0.29) is 36.1 Å². The Morgan fingerprint density at radius 3 is 2.53 bits per heavy atom. The molecule has 0 unspecified atom stereocenters. The number of rotatable bonds is 6. The third kappa shape index (κ3) is 4.94. The fourth-order valence-corrected chi connectivity index (χ4v) is 3.77. The summed E-state index contributed by atoms with van der Waals surface area (Å²) in [6.45, 7) is 7.42. The molecule has 1 saturated heterocycles. The van der Waals surface area contributed by atoms with E-state index in [1.807, 2.05) is 6.92 Å². The number of halogens is 1. The van der Waals surface area contributed by atoms with Crippen molar-refractivity contribution in [1.82, 2.24) is 9.80 Å². The van der Waals surface area contributed by atoms with Crippen LogP contribution in [0, 0.1) is 22.9 Å². The number of carbonyl (C=O) groups is 1. The second-order valence-corrected chi connectivity index (χ2v) is 7.75. The summed E-state index contributed by atoms with van der Waals surface area (Å²) in [5, 5.41) is 11.1. The van der Waals surface area contributed by atoms with Crippen LogP contribution < -0.4 is 4.74 Å². The molecule has 0 bridgehead atoms. The third-order valence-electron chi connectivity index (χ3n) is 5.54. The van der Waals surface area contributed by atoms with Gasteiger partial charge in [0.2, 0.25) is 0 Å². The van der Waals surface area contributed by atoms with Crippen LogP contribution in [0.1, 0.15) is 25.0 Å². The summed E-state index contributed by atoms with van der Waals surface area (Å²) in [6, 6.07) is 11.2. The molecule has 1 heterocycles. The molecule has 0 spiro atoms. The summed E-state index contributed by atoms with van der Waals surface area (Å²) in [5.74, 6) is -0.0653. The first-order chi connectivity index (χ1) is 14.3. The van der Waals surface area contributed by atoms with Crippen LogP contribution in [0.2, 0.25) is 0 Å². The van der Waals surface area contributed by atoms with Gasteiger partial charge in [-0.05, 0) is 44.5 Å². The Hall–Kier alpha value is -3.00. The molecule has 0 saturated carbocycles. The van der Waals surface area contributed by atoms with E-state index in [1.54, 1.807) is 36.1 Å². The fraction of sp³-hybridized carbons (Fsp3) is 0.409. The zero-order chi connectivity index (χ0) is 21.8. The second-order valence-electron chi connectivity index (χ2n) is 7.75. The monoisotopic (exact) mass is 415 g/mol. The number of ether oxygens (including phenoxy) is 1. The molecule has 1 aliphatic rings. The number of hydrogen-bond donors (Lipinski definition) is 0. The first-order valence-corrected chi connectivity index (χ1v) is 9.91. The van der Waals surface area contributed by atoms with Crippen molar-refractivity contribution in [3.8, 4) is 5.75 Å². The highest BCUT2D eigenvalue weighted by Crippen LogP contribution is 2.27. The molecule has 0 aromatic heterocycles. The van der Waals surface area contributed by atoms with Crippen LogP contribution in [-0.4, -0.2) is 52.4 Å². The molecule has 30 heavy (non-hydrogen) atoms. The van der Waals surface area contributed by atoms with E-state index in [2.05, 4.69) is 11.8 Å². The zero-order valence-electron chi connectivity index (χ0n) is 17.4. The zero-order valence-corrected chi connectivity index (χ0v) is 17.4. The molecule has 1 amide bonds. The highest BCUT2D eigenvalue weighted by Gasteiger charge is 2.32. The van der Waals surface area contributed by atoms with Gasteiger partial charge in [0.25, 0.3) is 11.6 Å². The molecular formula is C22H26FN3O4. The van der Waals surface area contributed by atoms with Gasteiger partial charge in [-0.15, -0.1) is 0 Å². The topological polar surface area (TPSA) is 75.9 Å². The normalized spacial score (nSPS) is 19.5. The van der Waals surface area contributed by atoms with Crippen molar-refractivity contribution in [2.45, 2.75) is 39.4 Å². The van der Waals surface area contributed by atoms with Crippen molar-refractivity contribution in [3.63, 3.8) is 0 Å². The molecule has 2 atom stereocenters. The molecule has 1 fully saturated rings. The number of carbonyl (C=O) groups excluding carboxylic acids is 1. The maximum absolute atomic E-state index is 13.1. The summed E-state index contributed by atoms with van der Waals surface area (Å²) in [6.07, 6.45) is 0. The quantitative estimate of drug-likeness (QED) is 0.533. The van der Waals surface area contributed by atoms with E-state index in [4.69, 9.17) is 4.74 Å². The van der Waals surface area contributed by atoms with Gasteiger partial charge in [0.15, 0.2) is 6.61 Å². The van der Waals surface area contributed by atoms with Gasteiger partial charge in [-0.25, -0.2) is 4.39 Å². The Morgan fingerprint density at radius 1 is 1.17 bits per heavy atom. The molecule has 1 aliphatic heterocycles. The van der Waals surface area contributed by atoms with Gasteiger partial charge in [0, 0.05) is 37.8 Å². The lowest BCUT2D eigenvalue weighted by Gasteiger charge is -2.44. The number of amides is 1. The van der Waals surface area contributed by atoms with Gasteiger partial charge in [-0.1, -0.05) is 18.2 Å². The maximum Gasteiger partial charge on any atom is 0.276 e. The summed E-state index contributed by atoms with van der Waals surface area (Å²) >= 11 is 0. The van der Waals surface area contributed by atoms with Gasteiger partial charge < -0.3 is 9.64 Å². The van der Waals surface area contributed by atoms with Crippen molar-refractivity contribution < 1.29 is 18.8 Å². The second kappa shape index (κ2) is 9.21. The lowest BCUT2D eigenvalue weighted by Crippen LogP contribution is -2.58. The van der Waals surface area contributed by atoms with E-state index in [0.29, 0.717) is 30.9 Å². The summed E-state index contributed by atoms with van der Waals surface area (Å²) < 4.78 is 18.7. The molecule has 0 N–H and O–H groups in total. The Labute approximate surface area is 175 Å². The average Bonchev–Trinajstić information content (AvgIpc) is 2.71. The van der Waals surface area contributed by atoms with Gasteiger partial charge in [0.05, 0.1) is 10.5 Å². The van der Waals surface area contributed by atoms with Crippen LogP contribution in [0.3, 0.4) is 0 Å². The molecular weight excluding hydrogens is 389 g/mol. The van der Waals surface area contributed by atoms with Gasteiger partial charge in [0.1, 0.15) is 11.6 Å². The Kier molecular flexibility index (Phi) is 6.66. The minimum Gasteiger partial charge on any atom is -0.483 e. The Bertz CT molecular complexity index is 919. The minimum atomic E-state index is -0.464. The number of hydrogen-bond acceptors (Lipinski definition) is 5. The largest absolute Gasteiger partial charge is 0.483 e. The summed E-state index contributed by atoms with van der Waals surface area (Å²) in [7, 11) is 0. The molecule has 0 aliphatic carbocycles. The smallest absolute Gasteiger partial charge is 0.276 e. The lowest BCUT2D eigenvalue weighted by molar-refractivity contribution is -0.385. The van der Waals surface area contributed by atoms with Gasteiger partial charge >= 0.3 is 0 Å². The summed E-state index contributed by atoms with van der Waals surface area (Å²) in [5.41, 5.74) is 1.40. The van der Waals surface area contributed by atoms with Crippen LogP contribution in [0.5, 0.6) is 5.75 Å². The van der Waals surface area contributed by atoms with Crippen molar-refractivity contribution in [1.29, 1.82) is 0 Å². The number of piperazine rings is 1. The van der Waals surface area contributed by atoms with Crippen molar-refractivity contribution in [2.75, 3.05) is 19.7 Å². The number of benzene rings is 2. The molecule has 160 valence electrons. The molecule has 2 aromatic carbocycles. The fourth-order valence-electron chi connectivity index (χ4n) is 3.77. The third-order valence-corrected chi connectivity index (χ3v) is 5.54. The first kappa shape index (κ1) is 21.7. The number of nitro benzene ring substituents is 1. The van der Waals surface area contributed by atoms with Crippen molar-refractivity contribution in [3.05, 3.63) is 69.5 Å². The number of nitro groups is 1. The Balaban J connectivity index is 1.59. The highest BCUT2D eigenvalue weighted by molar-refractivity contribution is 5.78. The van der Waals surface area contributed by atoms with Gasteiger partial charge in [-0.3, -0.25) is 19.8 Å². The molecule has 0 radical (unpaired) electrons. The molecule has 8 heteroatoms. The Morgan fingerprint density at radius 2 is 1.87 bits per heavy atom. The lowest BCUT2D eigenvalue weighted by atomic mass is 10.1. The van der Waals surface area contributed by atoms with Crippen molar-refractivity contribution >= 4 is 11.6 Å². The standard InChI is InChI=1S/C22H26FN3O4/c1-15-12-25(16(2)11-24(15)13-18-7-9-19(23)10-8-18)22(27)14-30-21-6-4-5-20(17(21)3)26(28)29/h4-10,15-16H,11-14H2,1-3H3/t15-,16+/m0/s1. The van der Waals surface area contributed by atoms with Crippen LogP contribution >= 0.6 is 0 Å². The maximum atomic E-state index is 13.1. The van der Waals surface area contributed by atoms with Crippen LogP contribution in [0.4, 0.5) is 10.1 Å². The van der Waals surface area contributed by atoms with E-state index in [1.165, 1.54) is 18.2 Å². The van der Waals surface area contributed by atoms with E-state index < -0.39 is 4.92 Å². The van der Waals surface area contributed by atoms with Gasteiger partial charge in [-0.2, -0.15) is 0 Å². The van der Waals surface area contributed by atoms with Crippen LogP contribution in [0.15, 0.2) is 42.5 Å². The van der Waals surface area contributed by atoms with E-state index in [0.717, 1.165) is 5.56 Å². The first-order valence-electron chi connectivity index (χ1n) is 9.91. The minimum absolute atomic E-state index is 0.0102. The van der Waals surface area contributed by atoms with E-state index in [9.17, 15) is 19.3 Å². The average molecular weight is 415 g/mol. The molecule has 7 nitrogen and oxygen atoms in total.